The molecule has 0 spiro atoms. The number of rotatable bonds is 5. The molecule has 1 atom stereocenters. The maximum absolute atomic E-state index is 13.1. The van der Waals surface area contributed by atoms with Crippen molar-refractivity contribution in [1.82, 2.24) is 14.9 Å². The van der Waals surface area contributed by atoms with Gasteiger partial charge in [-0.25, -0.2) is 9.07 Å². The molecule has 0 fully saturated rings. The van der Waals surface area contributed by atoms with Crippen molar-refractivity contribution in [1.29, 1.82) is 0 Å². The van der Waals surface area contributed by atoms with E-state index in [2.05, 4.69) is 15.5 Å². The number of hydrogen-bond acceptors (Lipinski definition) is 5. The Morgan fingerprint density at radius 2 is 1.93 bits per heavy atom. The summed E-state index contributed by atoms with van der Waals surface area (Å²) in [5.74, 6) is 5.56. The molecule has 0 radical (unpaired) electrons. The van der Waals surface area contributed by atoms with Gasteiger partial charge in [-0.1, -0.05) is 46.6 Å². The van der Waals surface area contributed by atoms with Crippen LogP contribution in [-0.2, 0) is 4.79 Å². The van der Waals surface area contributed by atoms with Crippen LogP contribution in [0, 0.1) is 5.82 Å². The quantitative estimate of drug-likeness (QED) is 0.419. The van der Waals surface area contributed by atoms with Crippen molar-refractivity contribution in [3.05, 3.63) is 57.3 Å². The monoisotopic (exact) mass is 459 g/mol. The van der Waals surface area contributed by atoms with Gasteiger partial charge in [0.25, 0.3) is 0 Å². The van der Waals surface area contributed by atoms with Gasteiger partial charge in [-0.15, -0.1) is 10.2 Å². The first-order chi connectivity index (χ1) is 13.3. The summed E-state index contributed by atoms with van der Waals surface area (Å²) in [5, 5.41) is 11.4. The predicted molar refractivity (Wildman–Crippen MR) is 111 cm³/mol. The second-order valence-electron chi connectivity index (χ2n) is 5.67. The topological polar surface area (TPSA) is 85.8 Å². The summed E-state index contributed by atoms with van der Waals surface area (Å²) in [6.45, 7) is 1.67. The van der Waals surface area contributed by atoms with E-state index in [0.717, 1.165) is 17.8 Å². The zero-order chi connectivity index (χ0) is 20.4. The Hall–Kier alpha value is -2.00. The zero-order valence-corrected chi connectivity index (χ0v) is 17.4. The molecule has 0 saturated carbocycles. The van der Waals surface area contributed by atoms with Gasteiger partial charge in [-0.3, -0.25) is 4.79 Å². The van der Waals surface area contributed by atoms with Gasteiger partial charge in [-0.05, 0) is 43.3 Å². The van der Waals surface area contributed by atoms with Crippen LogP contribution < -0.4 is 11.2 Å². The lowest BCUT2D eigenvalue weighted by Crippen LogP contribution is -2.23. The molecule has 0 aliphatic rings. The predicted octanol–water partition coefficient (Wildman–Crippen LogP) is 4.88. The molecule has 3 N–H and O–H groups in total. The number of carbonyl (C=O) groups excluding carboxylic acids is 1. The molecule has 0 bridgehead atoms. The van der Waals surface area contributed by atoms with E-state index in [1.165, 1.54) is 16.8 Å². The molecule has 146 valence electrons. The second kappa shape index (κ2) is 8.57. The van der Waals surface area contributed by atoms with Crippen LogP contribution in [0.4, 0.5) is 10.1 Å². The average Bonchev–Trinajstić information content (AvgIpc) is 2.98. The minimum absolute atomic E-state index is 0.104. The van der Waals surface area contributed by atoms with Crippen molar-refractivity contribution in [2.45, 2.75) is 17.3 Å². The summed E-state index contributed by atoms with van der Waals surface area (Å²) in [7, 11) is 0. The lowest BCUT2D eigenvalue weighted by Gasteiger charge is -2.12. The molecule has 0 aliphatic heterocycles. The number of nitrogens with two attached hydrogens (primary N) is 1. The van der Waals surface area contributed by atoms with E-state index in [1.54, 1.807) is 25.1 Å². The van der Waals surface area contributed by atoms with E-state index < -0.39 is 11.1 Å². The number of hydrogen-bond donors (Lipinski definition) is 2. The number of carbonyl (C=O) groups is 1. The highest BCUT2D eigenvalue weighted by Crippen LogP contribution is 2.31. The lowest BCUT2D eigenvalue weighted by molar-refractivity contribution is -0.115. The van der Waals surface area contributed by atoms with Crippen LogP contribution in [0.1, 0.15) is 6.92 Å². The summed E-state index contributed by atoms with van der Waals surface area (Å²) in [5.41, 5.74) is 0.867. The third kappa shape index (κ3) is 4.52. The van der Waals surface area contributed by atoms with Crippen molar-refractivity contribution in [3.63, 3.8) is 0 Å². The summed E-state index contributed by atoms with van der Waals surface area (Å²) in [6, 6.07) is 8.62. The summed E-state index contributed by atoms with van der Waals surface area (Å²) in [4.78, 5) is 12.4. The third-order valence-corrected chi connectivity index (χ3v) is 5.59. The zero-order valence-electron chi connectivity index (χ0n) is 14.3. The van der Waals surface area contributed by atoms with E-state index in [1.807, 2.05) is 0 Å². The number of halogens is 4. The third-order valence-electron chi connectivity index (χ3n) is 3.68. The molecule has 3 rings (SSSR count). The molecular formula is C17H13Cl3FN5OS. The number of aromatic nitrogens is 3. The fraction of sp³-hybridized carbons (Fsp3) is 0.118. The minimum Gasteiger partial charge on any atom is -0.335 e. The van der Waals surface area contributed by atoms with Gasteiger partial charge in [-0.2, -0.15) is 0 Å². The first-order valence-corrected chi connectivity index (χ1v) is 9.86. The summed E-state index contributed by atoms with van der Waals surface area (Å²) < 4.78 is 14.4. The van der Waals surface area contributed by atoms with Crippen LogP contribution in [0.25, 0.3) is 11.4 Å². The largest absolute Gasteiger partial charge is 0.335 e. The SMILES string of the molecule is CC(Sc1nnc(-c2ccc(Cl)cc2Cl)n1N)C(=O)Nc1ccc(F)cc1Cl. The standard InChI is InChI=1S/C17H13Cl3FN5OS/c1-8(16(27)23-14-5-3-10(21)7-13(14)20)28-17-25-24-15(26(17)22)11-4-2-9(18)6-12(11)19/h2-8H,22H2,1H3,(H,23,27). The maximum Gasteiger partial charge on any atom is 0.237 e. The molecule has 1 amide bonds. The van der Waals surface area contributed by atoms with Crippen molar-refractivity contribution in [2.75, 3.05) is 11.2 Å². The van der Waals surface area contributed by atoms with Crippen LogP contribution in [0.15, 0.2) is 41.6 Å². The Morgan fingerprint density at radius 3 is 2.61 bits per heavy atom. The molecule has 1 heterocycles. The Balaban J connectivity index is 1.74. The van der Waals surface area contributed by atoms with E-state index in [-0.39, 0.29) is 10.9 Å². The number of thioether (sulfide) groups is 1. The van der Waals surface area contributed by atoms with Crippen molar-refractivity contribution in [3.8, 4) is 11.4 Å². The number of amides is 1. The molecule has 1 unspecified atom stereocenters. The van der Waals surface area contributed by atoms with Gasteiger partial charge in [0.15, 0.2) is 5.82 Å². The molecular weight excluding hydrogens is 448 g/mol. The summed E-state index contributed by atoms with van der Waals surface area (Å²) >= 11 is 19.1. The number of nitrogen functional groups attached to an aromatic ring is 1. The van der Waals surface area contributed by atoms with Gasteiger partial charge >= 0.3 is 0 Å². The summed E-state index contributed by atoms with van der Waals surface area (Å²) in [6.07, 6.45) is 0. The number of nitrogens with zero attached hydrogens (tertiary/aromatic N) is 3. The smallest absolute Gasteiger partial charge is 0.237 e. The number of anilines is 1. The van der Waals surface area contributed by atoms with Crippen molar-refractivity contribution >= 4 is 58.2 Å². The Bertz CT molecular complexity index is 1050. The highest BCUT2D eigenvalue weighted by atomic mass is 35.5. The Labute approximate surface area is 179 Å². The van der Waals surface area contributed by atoms with Crippen molar-refractivity contribution in [2.24, 2.45) is 0 Å². The van der Waals surface area contributed by atoms with Crippen LogP contribution in [-0.4, -0.2) is 26.0 Å². The second-order valence-corrected chi connectivity index (χ2v) is 8.23. The van der Waals surface area contributed by atoms with E-state index >= 15 is 0 Å². The number of benzene rings is 2. The first-order valence-electron chi connectivity index (χ1n) is 7.84. The fourth-order valence-corrected chi connectivity index (χ4v) is 3.73. The average molecular weight is 461 g/mol. The van der Waals surface area contributed by atoms with E-state index in [4.69, 9.17) is 40.6 Å². The van der Waals surface area contributed by atoms with Crippen molar-refractivity contribution < 1.29 is 9.18 Å². The Morgan fingerprint density at radius 1 is 1.18 bits per heavy atom. The van der Waals surface area contributed by atoms with Crippen LogP contribution in [0.5, 0.6) is 0 Å². The van der Waals surface area contributed by atoms with Gasteiger partial charge in [0.2, 0.25) is 11.1 Å². The van der Waals surface area contributed by atoms with Gasteiger partial charge in [0, 0.05) is 10.6 Å². The normalized spacial score (nSPS) is 12.0. The highest BCUT2D eigenvalue weighted by molar-refractivity contribution is 8.00. The molecule has 2 aromatic carbocycles. The number of nitrogens with one attached hydrogen (secondary N) is 1. The molecule has 1 aromatic heterocycles. The molecule has 0 aliphatic carbocycles. The fourth-order valence-electron chi connectivity index (χ4n) is 2.25. The molecule has 11 heteroatoms. The molecule has 6 nitrogen and oxygen atoms in total. The van der Waals surface area contributed by atoms with Crippen LogP contribution >= 0.6 is 46.6 Å². The molecule has 28 heavy (non-hydrogen) atoms. The highest BCUT2D eigenvalue weighted by Gasteiger charge is 2.21. The first kappa shape index (κ1) is 20.7. The van der Waals surface area contributed by atoms with Crippen LogP contribution in [0.3, 0.4) is 0 Å². The Kier molecular flexibility index (Phi) is 6.34. The van der Waals surface area contributed by atoms with Crippen LogP contribution in [0.2, 0.25) is 15.1 Å². The van der Waals surface area contributed by atoms with Gasteiger partial charge in [0.05, 0.1) is 21.0 Å². The lowest BCUT2D eigenvalue weighted by atomic mass is 10.2. The maximum atomic E-state index is 13.1. The molecule has 0 saturated heterocycles. The van der Waals surface area contributed by atoms with E-state index in [9.17, 15) is 9.18 Å². The molecule has 3 aromatic rings. The minimum atomic E-state index is -0.582. The van der Waals surface area contributed by atoms with Gasteiger partial charge < -0.3 is 11.2 Å². The van der Waals surface area contributed by atoms with Gasteiger partial charge in [0.1, 0.15) is 5.82 Å². The van der Waals surface area contributed by atoms with E-state index in [0.29, 0.717) is 32.3 Å².